The number of hydroxylamine groups is 1. The maximum absolute atomic E-state index is 11.0. The van der Waals surface area contributed by atoms with E-state index in [1.807, 2.05) is 58.2 Å². The molecule has 0 aromatic heterocycles. The minimum atomic E-state index is -0.667. The molecule has 1 atom stereocenters. The lowest BCUT2D eigenvalue weighted by Gasteiger charge is -2.28. The Labute approximate surface area is 269 Å². The maximum Gasteiger partial charge on any atom is 0.114 e. The molecule has 3 aliphatic rings. The van der Waals surface area contributed by atoms with Gasteiger partial charge in [-0.25, -0.2) is 4.39 Å². The lowest BCUT2D eigenvalue weighted by molar-refractivity contribution is 0.0649. The number of aliphatic imine (C=N–C) groups is 2. The Kier molecular flexibility index (Phi) is 24.5. The number of terminal acetylenes is 1. The summed E-state index contributed by atoms with van der Waals surface area (Å²) in [4.78, 5) is 16.7. The van der Waals surface area contributed by atoms with E-state index in [0.717, 1.165) is 61.5 Å². The van der Waals surface area contributed by atoms with Crippen LogP contribution in [0, 0.1) is 19.8 Å². The van der Waals surface area contributed by atoms with Gasteiger partial charge in [0.15, 0.2) is 0 Å². The molecule has 10 heteroatoms. The minimum absolute atomic E-state index is 0.281. The number of benzene rings is 1. The molecular weight excluding hydrogens is 583 g/mol. The summed E-state index contributed by atoms with van der Waals surface area (Å²) in [6, 6.07) is 8.04. The zero-order valence-corrected chi connectivity index (χ0v) is 28.6. The predicted molar refractivity (Wildman–Crippen MR) is 188 cm³/mol. The van der Waals surface area contributed by atoms with Crippen LogP contribution in [0.3, 0.4) is 0 Å². The van der Waals surface area contributed by atoms with Crippen LogP contribution in [0.1, 0.15) is 39.7 Å². The van der Waals surface area contributed by atoms with Crippen LogP contribution in [0.4, 0.5) is 4.39 Å². The lowest BCUT2D eigenvalue weighted by atomic mass is 10.0. The topological polar surface area (TPSA) is 73.3 Å². The van der Waals surface area contributed by atoms with Gasteiger partial charge in [0.1, 0.15) is 5.84 Å². The fourth-order valence-electron chi connectivity index (χ4n) is 4.13. The van der Waals surface area contributed by atoms with E-state index >= 15 is 0 Å². The van der Waals surface area contributed by atoms with E-state index < -0.39 is 6.17 Å². The van der Waals surface area contributed by atoms with E-state index in [9.17, 15) is 4.39 Å². The molecule has 4 rings (SSSR count). The van der Waals surface area contributed by atoms with Crippen molar-refractivity contribution in [2.45, 2.75) is 53.3 Å². The zero-order chi connectivity index (χ0) is 32.5. The largest absolute Gasteiger partial charge is 0.331 e. The first-order valence-corrected chi connectivity index (χ1v) is 15.9. The summed E-state index contributed by atoms with van der Waals surface area (Å²) in [5.74, 6) is 2.03. The van der Waals surface area contributed by atoms with Gasteiger partial charge in [-0.2, -0.15) is 5.48 Å². The number of fused-ring (bicyclic) bond motifs is 1. The molecule has 3 N–H and O–H groups in total. The van der Waals surface area contributed by atoms with Gasteiger partial charge in [-0.3, -0.25) is 9.98 Å². The van der Waals surface area contributed by atoms with Crippen molar-refractivity contribution in [2.75, 3.05) is 59.2 Å². The van der Waals surface area contributed by atoms with Crippen LogP contribution < -0.4 is 16.1 Å². The molecule has 1 aromatic rings. The van der Waals surface area contributed by atoms with Gasteiger partial charge in [-0.05, 0) is 63.8 Å². The van der Waals surface area contributed by atoms with Crippen molar-refractivity contribution in [1.82, 2.24) is 21.0 Å². The van der Waals surface area contributed by atoms with Gasteiger partial charge in [0.2, 0.25) is 0 Å². The number of hydrogen-bond donors (Lipinski definition) is 3. The standard InChI is InChI=1S/C17H26N4OS.C7H7Cl.C4H10N2.C3H7F.C2H2/c1-5-7-15(18-3)14-10-19-17(12-23-8-6-2)21-11-13(20-22-4)9-16(14)21;1-6-3-2-4-7(8)5-6;1-2-6-4-3-5-1;1-3(2)4;1-2/h5-8,13,20H,9-12H2,1-4H3;2-5H,1H3;5-6H,1-4H2;3H,1-2H3;1-2H/b7-5-,8-6-,18-15?;;;;. The second-order valence-electron chi connectivity index (χ2n) is 9.69. The third-order valence-electron chi connectivity index (χ3n) is 5.79. The number of thioether (sulfide) groups is 1. The molecule has 0 amide bonds. The number of amidine groups is 1. The van der Waals surface area contributed by atoms with E-state index in [4.69, 9.17) is 21.4 Å². The van der Waals surface area contributed by atoms with Gasteiger partial charge >= 0.3 is 0 Å². The van der Waals surface area contributed by atoms with Gasteiger partial charge in [-0.15, -0.1) is 24.6 Å². The Morgan fingerprint density at radius 2 is 1.86 bits per heavy atom. The Morgan fingerprint density at radius 1 is 1.23 bits per heavy atom. The number of hydrogen-bond acceptors (Lipinski definition) is 8. The van der Waals surface area contributed by atoms with Crippen LogP contribution in [0.2, 0.25) is 5.02 Å². The van der Waals surface area contributed by atoms with Gasteiger partial charge in [0.25, 0.3) is 0 Å². The molecule has 2 fully saturated rings. The molecule has 7 nitrogen and oxygen atoms in total. The van der Waals surface area contributed by atoms with Crippen LogP contribution in [0.25, 0.3) is 0 Å². The van der Waals surface area contributed by atoms with Crippen molar-refractivity contribution < 1.29 is 9.23 Å². The summed E-state index contributed by atoms with van der Waals surface area (Å²) in [5, 5.41) is 9.37. The first-order chi connectivity index (χ1) is 20.8. The highest BCUT2D eigenvalue weighted by Crippen LogP contribution is 2.30. The van der Waals surface area contributed by atoms with Crippen LogP contribution in [0.15, 0.2) is 69.2 Å². The predicted octanol–water partition coefficient (Wildman–Crippen LogP) is 6.23. The Balaban J connectivity index is 0.000000711. The number of halogens is 2. The number of nitrogens with zero attached hydrogens (tertiary/aromatic N) is 3. The third kappa shape index (κ3) is 18.1. The minimum Gasteiger partial charge on any atom is -0.331 e. The van der Waals surface area contributed by atoms with Gasteiger partial charge < -0.3 is 20.4 Å². The van der Waals surface area contributed by atoms with Crippen molar-refractivity contribution in [1.29, 1.82) is 0 Å². The maximum atomic E-state index is 11.0. The average molecular weight is 635 g/mol. The SMILES string of the molecule is C#C.C/C=C\SCC1=NCC(C(/C=C\C)=NC)=C2CC(NOC)CN12.C1CNCCN1.CC(C)F.Cc1cccc(Cl)c1. The Hall–Kier alpha value is -2.45. The molecule has 240 valence electrons. The van der Waals surface area contributed by atoms with Crippen molar-refractivity contribution in [3.05, 3.63) is 69.8 Å². The van der Waals surface area contributed by atoms with Crippen LogP contribution in [-0.4, -0.2) is 87.8 Å². The molecule has 3 aliphatic heterocycles. The number of allylic oxidation sites excluding steroid dienone is 3. The Bertz CT molecular complexity index is 1030. The molecule has 2 saturated heterocycles. The summed E-state index contributed by atoms with van der Waals surface area (Å²) in [5.41, 5.74) is 7.87. The van der Waals surface area contributed by atoms with Crippen LogP contribution in [0.5, 0.6) is 0 Å². The second-order valence-corrected chi connectivity index (χ2v) is 11.0. The van der Waals surface area contributed by atoms with Gasteiger partial charge in [0, 0.05) is 62.5 Å². The normalized spacial score (nSPS) is 18.0. The third-order valence-corrected chi connectivity index (χ3v) is 6.91. The van der Waals surface area contributed by atoms with Gasteiger partial charge in [-0.1, -0.05) is 35.9 Å². The molecule has 1 aromatic carbocycles. The highest BCUT2D eigenvalue weighted by molar-refractivity contribution is 8.02. The van der Waals surface area contributed by atoms with E-state index in [-0.39, 0.29) is 6.04 Å². The number of nitrogens with one attached hydrogen (secondary N) is 3. The molecule has 3 heterocycles. The van der Waals surface area contributed by atoms with E-state index in [2.05, 4.69) is 56.4 Å². The number of piperazine rings is 1. The highest BCUT2D eigenvalue weighted by Gasteiger charge is 2.34. The number of aryl methyl sites for hydroxylation is 1. The first-order valence-electron chi connectivity index (χ1n) is 14.5. The summed E-state index contributed by atoms with van der Waals surface area (Å²) < 4.78 is 11.0. The van der Waals surface area contributed by atoms with Crippen LogP contribution in [-0.2, 0) is 4.84 Å². The molecule has 0 bridgehead atoms. The van der Waals surface area contributed by atoms with E-state index in [1.165, 1.54) is 30.7 Å². The summed E-state index contributed by atoms with van der Waals surface area (Å²) in [6.45, 7) is 15.2. The summed E-state index contributed by atoms with van der Waals surface area (Å²) in [6.07, 6.45) is 14.4. The number of alkyl halides is 1. The highest BCUT2D eigenvalue weighted by atomic mass is 35.5. The molecular formula is C33H52ClFN6OS. The molecule has 0 aliphatic carbocycles. The smallest absolute Gasteiger partial charge is 0.114 e. The zero-order valence-electron chi connectivity index (χ0n) is 27.0. The molecule has 43 heavy (non-hydrogen) atoms. The summed E-state index contributed by atoms with van der Waals surface area (Å²) in [7, 11) is 3.51. The van der Waals surface area contributed by atoms with Gasteiger partial charge in [0.05, 0.1) is 37.3 Å². The summed E-state index contributed by atoms with van der Waals surface area (Å²) >= 11 is 7.42. The molecule has 0 spiro atoms. The molecule has 1 unspecified atom stereocenters. The lowest BCUT2D eigenvalue weighted by Crippen LogP contribution is -2.39. The average Bonchev–Trinajstić information content (AvgIpc) is 3.43. The van der Waals surface area contributed by atoms with Crippen molar-refractivity contribution >= 4 is 34.9 Å². The number of rotatable bonds is 7. The van der Waals surface area contributed by atoms with Crippen LogP contribution >= 0.6 is 23.4 Å². The monoisotopic (exact) mass is 634 g/mol. The van der Waals surface area contributed by atoms with Crippen molar-refractivity contribution in [3.8, 4) is 12.8 Å². The first kappa shape index (κ1) is 40.5. The Morgan fingerprint density at radius 3 is 2.30 bits per heavy atom. The quantitative estimate of drug-likeness (QED) is 0.188. The second kappa shape index (κ2) is 26.0. The fourth-order valence-corrected chi connectivity index (χ4v) is 5.06. The van der Waals surface area contributed by atoms with E-state index in [1.54, 1.807) is 18.9 Å². The fraction of sp³-hybridized carbons (Fsp3) is 0.515. The van der Waals surface area contributed by atoms with E-state index in [0.29, 0.717) is 6.54 Å². The van der Waals surface area contributed by atoms with Crippen molar-refractivity contribution in [3.63, 3.8) is 0 Å². The molecule has 0 saturated carbocycles. The van der Waals surface area contributed by atoms with Crippen molar-refractivity contribution in [2.24, 2.45) is 9.98 Å². The molecule has 0 radical (unpaired) electrons.